The summed E-state index contributed by atoms with van der Waals surface area (Å²) in [6, 6.07) is 4.75. The molecule has 1 aromatic rings. The van der Waals surface area contributed by atoms with Gasteiger partial charge in [-0.3, -0.25) is 0 Å². The van der Waals surface area contributed by atoms with Crippen LogP contribution in [0.4, 0.5) is 10.5 Å². The molecule has 1 aliphatic rings. The molecular formula is C14H17IN2O3S. The van der Waals surface area contributed by atoms with Gasteiger partial charge in [-0.2, -0.15) is 11.8 Å². The zero-order valence-electron chi connectivity index (χ0n) is 11.6. The van der Waals surface area contributed by atoms with Crippen molar-refractivity contribution in [1.29, 1.82) is 0 Å². The zero-order valence-corrected chi connectivity index (χ0v) is 14.6. The number of amides is 2. The Morgan fingerprint density at radius 3 is 2.95 bits per heavy atom. The highest BCUT2D eigenvalue weighted by Crippen LogP contribution is 2.23. The Morgan fingerprint density at radius 1 is 1.52 bits per heavy atom. The van der Waals surface area contributed by atoms with Crippen LogP contribution in [0.3, 0.4) is 0 Å². The topological polar surface area (TPSA) is 69.6 Å². The summed E-state index contributed by atoms with van der Waals surface area (Å²) in [5.41, 5.74) is 0.466. The molecule has 114 valence electrons. The number of nitrogens with one attached hydrogen (secondary N) is 1. The fraction of sp³-hybridized carbons (Fsp3) is 0.429. The third-order valence-electron chi connectivity index (χ3n) is 3.33. The highest BCUT2D eigenvalue weighted by molar-refractivity contribution is 14.1. The van der Waals surface area contributed by atoms with Crippen LogP contribution in [-0.2, 0) is 0 Å². The predicted molar refractivity (Wildman–Crippen MR) is 93.2 cm³/mol. The standard InChI is InChI=1S/C14H17IN2O3S/c1-2-10-8-17(5-6-21-10)14(20)16-12-4-3-9(15)7-11(12)13(18)19/h3-4,7,10H,2,5-6,8H2,1H3,(H,16,20)(H,18,19). The fourth-order valence-corrected chi connectivity index (χ4v) is 3.82. The van der Waals surface area contributed by atoms with Gasteiger partial charge in [0.05, 0.1) is 11.3 Å². The summed E-state index contributed by atoms with van der Waals surface area (Å²) in [5.74, 6) is -0.117. The molecule has 1 aromatic carbocycles. The molecule has 1 heterocycles. The van der Waals surface area contributed by atoms with Crippen LogP contribution < -0.4 is 5.32 Å². The molecule has 0 radical (unpaired) electrons. The van der Waals surface area contributed by atoms with E-state index >= 15 is 0 Å². The summed E-state index contributed by atoms with van der Waals surface area (Å²) < 4.78 is 0.823. The molecule has 2 N–H and O–H groups in total. The Morgan fingerprint density at radius 2 is 2.29 bits per heavy atom. The van der Waals surface area contributed by atoms with Crippen molar-refractivity contribution < 1.29 is 14.7 Å². The number of nitrogens with zero attached hydrogens (tertiary/aromatic N) is 1. The summed E-state index contributed by atoms with van der Waals surface area (Å²) in [6.07, 6.45) is 1.03. The van der Waals surface area contributed by atoms with E-state index in [1.54, 1.807) is 23.1 Å². The minimum Gasteiger partial charge on any atom is -0.478 e. The van der Waals surface area contributed by atoms with Crippen molar-refractivity contribution in [3.05, 3.63) is 27.3 Å². The highest BCUT2D eigenvalue weighted by atomic mass is 127. The number of rotatable bonds is 3. The van der Waals surface area contributed by atoms with Crippen LogP contribution in [0.2, 0.25) is 0 Å². The molecule has 7 heteroatoms. The van der Waals surface area contributed by atoms with E-state index in [0.717, 1.165) is 15.7 Å². The average Bonchev–Trinajstić information content (AvgIpc) is 2.48. The number of thioether (sulfide) groups is 1. The normalized spacial score (nSPS) is 18.4. The van der Waals surface area contributed by atoms with E-state index in [9.17, 15) is 14.7 Å². The lowest BCUT2D eigenvalue weighted by Crippen LogP contribution is -2.44. The lowest BCUT2D eigenvalue weighted by molar-refractivity contribution is 0.0698. The van der Waals surface area contributed by atoms with Gasteiger partial charge in [-0.15, -0.1) is 0 Å². The molecule has 1 aliphatic heterocycles. The Bertz CT molecular complexity index is 553. The van der Waals surface area contributed by atoms with Gasteiger partial charge in [-0.1, -0.05) is 6.92 Å². The highest BCUT2D eigenvalue weighted by Gasteiger charge is 2.24. The van der Waals surface area contributed by atoms with Gasteiger partial charge in [0.2, 0.25) is 0 Å². The molecule has 1 atom stereocenters. The number of benzene rings is 1. The molecule has 2 amide bonds. The fourth-order valence-electron chi connectivity index (χ4n) is 2.15. The van der Waals surface area contributed by atoms with Gasteiger partial charge in [0.25, 0.3) is 0 Å². The number of hydrogen-bond donors (Lipinski definition) is 2. The summed E-state index contributed by atoms with van der Waals surface area (Å²) >= 11 is 3.93. The summed E-state index contributed by atoms with van der Waals surface area (Å²) in [4.78, 5) is 25.3. The van der Waals surface area contributed by atoms with Gasteiger partial charge in [0.1, 0.15) is 0 Å². The molecule has 1 saturated heterocycles. The maximum Gasteiger partial charge on any atom is 0.337 e. The molecule has 1 unspecified atom stereocenters. The number of carboxylic acid groups (broad SMARTS) is 1. The van der Waals surface area contributed by atoms with E-state index in [-0.39, 0.29) is 11.6 Å². The van der Waals surface area contributed by atoms with Gasteiger partial charge >= 0.3 is 12.0 Å². The molecule has 2 rings (SSSR count). The average molecular weight is 420 g/mol. The quantitative estimate of drug-likeness (QED) is 0.737. The first-order valence-electron chi connectivity index (χ1n) is 6.71. The molecule has 0 bridgehead atoms. The maximum atomic E-state index is 12.3. The van der Waals surface area contributed by atoms with E-state index in [4.69, 9.17) is 0 Å². The number of urea groups is 1. The molecule has 0 aromatic heterocycles. The van der Waals surface area contributed by atoms with Crippen molar-refractivity contribution >= 4 is 52.0 Å². The molecule has 0 saturated carbocycles. The monoisotopic (exact) mass is 420 g/mol. The van der Waals surface area contributed by atoms with E-state index < -0.39 is 5.97 Å². The number of carboxylic acids is 1. The van der Waals surface area contributed by atoms with Gasteiger partial charge in [0.15, 0.2) is 0 Å². The number of aromatic carboxylic acids is 1. The molecular weight excluding hydrogens is 403 g/mol. The third kappa shape index (κ3) is 4.26. The molecule has 0 aliphatic carbocycles. The molecule has 5 nitrogen and oxygen atoms in total. The Balaban J connectivity index is 2.11. The Labute approximate surface area is 141 Å². The number of halogens is 1. The van der Waals surface area contributed by atoms with Gasteiger partial charge < -0.3 is 15.3 Å². The summed E-state index contributed by atoms with van der Waals surface area (Å²) in [7, 11) is 0. The minimum atomic E-state index is -1.04. The van der Waals surface area contributed by atoms with Crippen LogP contribution in [0.25, 0.3) is 0 Å². The van der Waals surface area contributed by atoms with E-state index in [2.05, 4.69) is 34.8 Å². The van der Waals surface area contributed by atoms with Crippen molar-refractivity contribution in [3.63, 3.8) is 0 Å². The van der Waals surface area contributed by atoms with Crippen molar-refractivity contribution in [2.24, 2.45) is 0 Å². The second kappa shape index (κ2) is 7.35. The maximum absolute atomic E-state index is 12.3. The molecule has 21 heavy (non-hydrogen) atoms. The largest absolute Gasteiger partial charge is 0.478 e. The summed E-state index contributed by atoms with van der Waals surface area (Å²) in [5, 5.41) is 12.4. The van der Waals surface area contributed by atoms with Crippen LogP contribution in [-0.4, -0.2) is 46.1 Å². The number of carbonyl (C=O) groups excluding carboxylic acids is 1. The minimum absolute atomic E-state index is 0.119. The van der Waals surface area contributed by atoms with Crippen LogP contribution in [0.15, 0.2) is 18.2 Å². The van der Waals surface area contributed by atoms with Crippen molar-refractivity contribution in [2.45, 2.75) is 18.6 Å². The first-order chi connectivity index (χ1) is 10.0. The first-order valence-corrected chi connectivity index (χ1v) is 8.84. The smallest absolute Gasteiger partial charge is 0.337 e. The van der Waals surface area contributed by atoms with Gasteiger partial charge in [-0.25, -0.2) is 9.59 Å². The van der Waals surface area contributed by atoms with E-state index in [1.807, 2.05) is 11.8 Å². The van der Waals surface area contributed by atoms with Crippen LogP contribution in [0.1, 0.15) is 23.7 Å². The number of hydrogen-bond acceptors (Lipinski definition) is 3. The van der Waals surface area contributed by atoms with Gasteiger partial charge in [-0.05, 0) is 47.2 Å². The van der Waals surface area contributed by atoms with Gasteiger partial charge in [0, 0.05) is 27.7 Å². The third-order valence-corrected chi connectivity index (χ3v) is 5.38. The molecule has 1 fully saturated rings. The van der Waals surface area contributed by atoms with Crippen molar-refractivity contribution in [2.75, 3.05) is 24.2 Å². The lowest BCUT2D eigenvalue weighted by Gasteiger charge is -2.32. The number of carbonyl (C=O) groups is 2. The first kappa shape index (κ1) is 16.4. The zero-order chi connectivity index (χ0) is 15.4. The second-order valence-electron chi connectivity index (χ2n) is 4.77. The lowest BCUT2D eigenvalue weighted by atomic mass is 10.2. The second-order valence-corrected chi connectivity index (χ2v) is 7.43. The molecule has 0 spiro atoms. The van der Waals surface area contributed by atoms with E-state index in [0.29, 0.717) is 24.0 Å². The van der Waals surface area contributed by atoms with Crippen molar-refractivity contribution in [3.8, 4) is 0 Å². The van der Waals surface area contributed by atoms with E-state index in [1.165, 1.54) is 0 Å². The number of anilines is 1. The SMILES string of the molecule is CCC1CN(C(=O)Nc2ccc(I)cc2C(=O)O)CCS1. The summed E-state index contributed by atoms with van der Waals surface area (Å²) in [6.45, 7) is 3.51. The Hall–Kier alpha value is -0.960. The van der Waals surface area contributed by atoms with Crippen LogP contribution >= 0.6 is 34.4 Å². The van der Waals surface area contributed by atoms with Crippen LogP contribution in [0.5, 0.6) is 0 Å². The van der Waals surface area contributed by atoms with Crippen LogP contribution in [0, 0.1) is 3.57 Å². The Kier molecular flexibility index (Phi) is 5.74. The predicted octanol–water partition coefficient (Wildman–Crippen LogP) is 3.35. The van der Waals surface area contributed by atoms with Crippen molar-refractivity contribution in [1.82, 2.24) is 4.90 Å².